The summed E-state index contributed by atoms with van der Waals surface area (Å²) in [5.41, 5.74) is 0.911. The molecule has 2 rings (SSSR count). The molecule has 1 atom stereocenters. The second kappa shape index (κ2) is 8.69. The minimum atomic E-state index is -0.632. The second-order valence-electron chi connectivity index (χ2n) is 8.23. The van der Waals surface area contributed by atoms with Gasteiger partial charge in [-0.3, -0.25) is 14.5 Å². The van der Waals surface area contributed by atoms with Gasteiger partial charge in [0.1, 0.15) is 11.9 Å². The monoisotopic (exact) mass is 375 g/mol. The number of allylic oxidation sites excluding steroid dienone is 1. The zero-order chi connectivity index (χ0) is 20.2. The third-order valence-electron chi connectivity index (χ3n) is 4.81. The van der Waals surface area contributed by atoms with E-state index in [4.69, 9.17) is 0 Å². The Balaban J connectivity index is 2.36. The van der Waals surface area contributed by atoms with Crippen LogP contribution in [0.1, 0.15) is 62.5 Å². The number of carbonyl (C=O) groups excluding carboxylic acids is 2. The van der Waals surface area contributed by atoms with E-state index in [1.54, 1.807) is 7.05 Å². The summed E-state index contributed by atoms with van der Waals surface area (Å²) in [5.74, 6) is 0.306. The number of unbranched alkanes of at least 4 members (excludes halogenated alkanes) is 1. The van der Waals surface area contributed by atoms with Crippen LogP contribution < -0.4 is 10.6 Å². The molecule has 2 amide bonds. The van der Waals surface area contributed by atoms with Gasteiger partial charge in [0.2, 0.25) is 5.91 Å². The standard InChI is InChI=1S/C20H33N5O2/c1-7-8-9-10-15-22-16(14-13-24(6)11-12-25(14)15)18(26)23-17(19(27)21-5)20(2,3)4/h9-10,17H,7-8,11-13H2,1-6H3,(H,21,27)(H,23,26). The predicted octanol–water partition coefficient (Wildman–Crippen LogP) is 2.03. The van der Waals surface area contributed by atoms with Crippen molar-refractivity contribution in [2.45, 2.75) is 59.7 Å². The molecule has 0 radical (unpaired) electrons. The lowest BCUT2D eigenvalue weighted by atomic mass is 9.86. The normalized spacial score (nSPS) is 16.2. The van der Waals surface area contributed by atoms with Crippen LogP contribution in [0.5, 0.6) is 0 Å². The van der Waals surface area contributed by atoms with E-state index in [1.807, 2.05) is 33.9 Å². The molecule has 7 heteroatoms. The molecule has 1 aromatic heterocycles. The fourth-order valence-corrected chi connectivity index (χ4v) is 3.20. The van der Waals surface area contributed by atoms with Crippen LogP contribution in [-0.2, 0) is 17.9 Å². The number of carbonyl (C=O) groups is 2. The topological polar surface area (TPSA) is 79.3 Å². The Bertz CT molecular complexity index is 715. The van der Waals surface area contributed by atoms with Crippen LogP contribution in [-0.4, -0.2) is 52.9 Å². The Morgan fingerprint density at radius 3 is 2.59 bits per heavy atom. The number of fused-ring (bicyclic) bond motifs is 1. The molecule has 0 saturated carbocycles. The molecular weight excluding hydrogens is 342 g/mol. The van der Waals surface area contributed by atoms with Gasteiger partial charge in [0.25, 0.3) is 5.91 Å². The van der Waals surface area contributed by atoms with Crippen LogP contribution in [0.25, 0.3) is 6.08 Å². The third kappa shape index (κ3) is 4.97. The highest BCUT2D eigenvalue weighted by Crippen LogP contribution is 2.23. The summed E-state index contributed by atoms with van der Waals surface area (Å²) < 4.78 is 2.12. The van der Waals surface area contributed by atoms with Gasteiger partial charge in [-0.15, -0.1) is 0 Å². The molecule has 0 aromatic carbocycles. The van der Waals surface area contributed by atoms with E-state index in [9.17, 15) is 9.59 Å². The van der Waals surface area contributed by atoms with E-state index >= 15 is 0 Å². The summed E-state index contributed by atoms with van der Waals surface area (Å²) in [6.07, 6.45) is 6.14. The van der Waals surface area contributed by atoms with Crippen molar-refractivity contribution in [1.29, 1.82) is 0 Å². The van der Waals surface area contributed by atoms with Crippen molar-refractivity contribution in [3.05, 3.63) is 23.3 Å². The molecule has 2 N–H and O–H groups in total. The van der Waals surface area contributed by atoms with E-state index < -0.39 is 11.5 Å². The van der Waals surface area contributed by atoms with Gasteiger partial charge in [0.15, 0.2) is 5.69 Å². The largest absolute Gasteiger partial charge is 0.357 e. The number of rotatable bonds is 6. The predicted molar refractivity (Wildman–Crippen MR) is 107 cm³/mol. The first kappa shape index (κ1) is 21.2. The number of likely N-dealkylation sites (N-methyl/N-ethyl adjacent to an activating group) is 2. The molecule has 1 aliphatic heterocycles. The van der Waals surface area contributed by atoms with E-state index in [0.717, 1.165) is 37.4 Å². The molecule has 27 heavy (non-hydrogen) atoms. The van der Waals surface area contributed by atoms with Gasteiger partial charge in [0, 0.05) is 26.7 Å². The number of amides is 2. The number of aromatic nitrogens is 2. The van der Waals surface area contributed by atoms with Crippen LogP contribution in [0.15, 0.2) is 6.08 Å². The molecule has 0 saturated heterocycles. The molecule has 0 bridgehead atoms. The zero-order valence-corrected chi connectivity index (χ0v) is 17.4. The van der Waals surface area contributed by atoms with Gasteiger partial charge in [0.05, 0.1) is 5.69 Å². The van der Waals surface area contributed by atoms with Gasteiger partial charge in [-0.25, -0.2) is 4.98 Å². The highest BCUT2D eigenvalue weighted by atomic mass is 16.2. The van der Waals surface area contributed by atoms with Gasteiger partial charge >= 0.3 is 0 Å². The molecule has 7 nitrogen and oxygen atoms in total. The Morgan fingerprint density at radius 2 is 2.00 bits per heavy atom. The molecule has 1 aromatic rings. The SMILES string of the molecule is CCCC=Cc1nc(C(=O)NC(C(=O)NC)C(C)(C)C)c2n1CCN(C)C2. The summed E-state index contributed by atoms with van der Waals surface area (Å²) in [6.45, 7) is 10.3. The summed E-state index contributed by atoms with van der Waals surface area (Å²) in [5, 5.41) is 5.54. The summed E-state index contributed by atoms with van der Waals surface area (Å²) in [4.78, 5) is 32.1. The van der Waals surface area contributed by atoms with Crippen LogP contribution in [0.4, 0.5) is 0 Å². The molecule has 0 spiro atoms. The Morgan fingerprint density at radius 1 is 1.30 bits per heavy atom. The summed E-state index contributed by atoms with van der Waals surface area (Å²) in [7, 11) is 3.62. The van der Waals surface area contributed by atoms with Crippen molar-refractivity contribution in [1.82, 2.24) is 25.1 Å². The number of hydrogen-bond acceptors (Lipinski definition) is 4. The average Bonchev–Trinajstić information content (AvgIpc) is 2.96. The lowest BCUT2D eigenvalue weighted by Crippen LogP contribution is -2.53. The first-order valence-electron chi connectivity index (χ1n) is 9.66. The number of imidazole rings is 1. The van der Waals surface area contributed by atoms with Crippen molar-refractivity contribution >= 4 is 17.9 Å². The quantitative estimate of drug-likeness (QED) is 0.797. The van der Waals surface area contributed by atoms with Gasteiger partial charge in [-0.2, -0.15) is 0 Å². The van der Waals surface area contributed by atoms with Gasteiger partial charge in [-0.1, -0.05) is 40.2 Å². The van der Waals surface area contributed by atoms with E-state index in [0.29, 0.717) is 12.2 Å². The van der Waals surface area contributed by atoms with Crippen molar-refractivity contribution < 1.29 is 9.59 Å². The Kier molecular flexibility index (Phi) is 6.81. The summed E-state index contributed by atoms with van der Waals surface area (Å²) >= 11 is 0. The highest BCUT2D eigenvalue weighted by Gasteiger charge is 2.34. The van der Waals surface area contributed by atoms with Gasteiger partial charge < -0.3 is 15.2 Å². The Hall–Kier alpha value is -2.15. The number of nitrogens with zero attached hydrogens (tertiary/aromatic N) is 3. The van der Waals surface area contributed by atoms with E-state index in [2.05, 4.69) is 38.1 Å². The van der Waals surface area contributed by atoms with Crippen molar-refractivity contribution in [2.24, 2.45) is 5.41 Å². The van der Waals surface area contributed by atoms with Gasteiger partial charge in [-0.05, 0) is 25.0 Å². The van der Waals surface area contributed by atoms with E-state index in [1.165, 1.54) is 0 Å². The number of nitrogens with one attached hydrogen (secondary N) is 2. The molecule has 1 aliphatic rings. The zero-order valence-electron chi connectivity index (χ0n) is 17.4. The first-order valence-corrected chi connectivity index (χ1v) is 9.66. The Labute approximate surface area is 162 Å². The fraction of sp³-hybridized carbons (Fsp3) is 0.650. The first-order chi connectivity index (χ1) is 12.7. The second-order valence-corrected chi connectivity index (χ2v) is 8.23. The summed E-state index contributed by atoms with van der Waals surface area (Å²) in [6, 6.07) is -0.632. The molecule has 150 valence electrons. The fourth-order valence-electron chi connectivity index (χ4n) is 3.20. The minimum Gasteiger partial charge on any atom is -0.357 e. The minimum absolute atomic E-state index is 0.205. The maximum atomic E-state index is 13.0. The molecular formula is C20H33N5O2. The van der Waals surface area contributed by atoms with Crippen molar-refractivity contribution in [3.63, 3.8) is 0 Å². The van der Waals surface area contributed by atoms with Crippen LogP contribution in [0, 0.1) is 5.41 Å². The highest BCUT2D eigenvalue weighted by molar-refractivity contribution is 5.97. The molecule has 2 heterocycles. The molecule has 1 unspecified atom stereocenters. The maximum Gasteiger partial charge on any atom is 0.272 e. The smallest absolute Gasteiger partial charge is 0.272 e. The third-order valence-corrected chi connectivity index (χ3v) is 4.81. The lowest BCUT2D eigenvalue weighted by molar-refractivity contribution is -0.124. The van der Waals surface area contributed by atoms with Crippen molar-refractivity contribution in [3.8, 4) is 0 Å². The van der Waals surface area contributed by atoms with E-state index in [-0.39, 0.29) is 11.8 Å². The number of hydrogen-bond donors (Lipinski definition) is 2. The van der Waals surface area contributed by atoms with Crippen LogP contribution in [0.2, 0.25) is 0 Å². The lowest BCUT2D eigenvalue weighted by Gasteiger charge is -2.30. The average molecular weight is 376 g/mol. The maximum absolute atomic E-state index is 13.0. The van der Waals surface area contributed by atoms with Crippen LogP contribution >= 0.6 is 0 Å². The van der Waals surface area contributed by atoms with Crippen LogP contribution in [0.3, 0.4) is 0 Å². The molecule has 0 aliphatic carbocycles. The molecule has 0 fully saturated rings. The van der Waals surface area contributed by atoms with Crippen molar-refractivity contribution in [2.75, 3.05) is 20.6 Å².